The van der Waals surface area contributed by atoms with Gasteiger partial charge in [0.25, 0.3) is 0 Å². The Kier molecular flexibility index (Phi) is 9.27. The fourth-order valence-corrected chi connectivity index (χ4v) is 0.536. The second kappa shape index (κ2) is 7.25. The predicted molar refractivity (Wildman–Crippen MR) is 37.9 cm³/mol. The molecule has 1 radical (unpaired) electrons. The summed E-state index contributed by atoms with van der Waals surface area (Å²) in [6, 6.07) is 0. The summed E-state index contributed by atoms with van der Waals surface area (Å²) in [6.07, 6.45) is 0.784. The molecule has 0 aromatic carbocycles. The van der Waals surface area contributed by atoms with Crippen LogP contribution in [0, 0.1) is 0 Å². The van der Waals surface area contributed by atoms with Gasteiger partial charge < -0.3 is 5.11 Å². The second-order valence-corrected chi connectivity index (χ2v) is 1.86. The fraction of sp³-hybridized carbons (Fsp3) is 0.667. The van der Waals surface area contributed by atoms with Crippen LogP contribution in [0.3, 0.4) is 0 Å². The maximum absolute atomic E-state index is 10.5. The zero-order valence-electron chi connectivity index (χ0n) is 6.39. The minimum atomic E-state index is -1.03. The van der Waals surface area contributed by atoms with Gasteiger partial charge in [0, 0.05) is 36.0 Å². The van der Waals surface area contributed by atoms with Gasteiger partial charge in [-0.2, -0.15) is 0 Å². The number of ketones is 1. The first-order valence-corrected chi connectivity index (χ1v) is 2.90. The second-order valence-electron chi connectivity index (χ2n) is 1.86. The topological polar surface area (TPSA) is 54.4 Å². The van der Waals surface area contributed by atoms with Gasteiger partial charge in [0.15, 0.2) is 0 Å². The molecule has 0 aromatic heterocycles. The Labute approximate surface area is 82.1 Å². The van der Waals surface area contributed by atoms with Gasteiger partial charge in [-0.05, 0) is 6.42 Å². The Bertz CT molecular complexity index is 122. The van der Waals surface area contributed by atoms with Crippen LogP contribution in [0.1, 0.15) is 26.2 Å². The molecule has 0 aliphatic heterocycles. The SMILES string of the molecule is CCCC(=O)CC(=O)O.[Na]. The number of rotatable bonds is 4. The third-order valence-corrected chi connectivity index (χ3v) is 0.877. The molecule has 0 saturated heterocycles. The Balaban J connectivity index is 0. The Morgan fingerprint density at radius 1 is 1.40 bits per heavy atom. The summed E-state index contributed by atoms with van der Waals surface area (Å²) in [5.41, 5.74) is 0. The van der Waals surface area contributed by atoms with E-state index in [-0.39, 0.29) is 41.8 Å². The van der Waals surface area contributed by atoms with Crippen molar-refractivity contribution in [3.05, 3.63) is 0 Å². The van der Waals surface area contributed by atoms with Crippen molar-refractivity contribution in [1.82, 2.24) is 0 Å². The summed E-state index contributed by atoms with van der Waals surface area (Å²) in [6.45, 7) is 1.85. The van der Waals surface area contributed by atoms with Gasteiger partial charge in [-0.1, -0.05) is 6.92 Å². The first kappa shape index (κ1) is 12.8. The van der Waals surface area contributed by atoms with Crippen molar-refractivity contribution in [3.8, 4) is 0 Å². The van der Waals surface area contributed by atoms with Crippen LogP contribution < -0.4 is 0 Å². The molecule has 0 spiro atoms. The summed E-state index contributed by atoms with van der Waals surface area (Å²) in [7, 11) is 0. The Morgan fingerprint density at radius 3 is 2.20 bits per heavy atom. The summed E-state index contributed by atoms with van der Waals surface area (Å²) >= 11 is 0. The van der Waals surface area contributed by atoms with E-state index < -0.39 is 5.97 Å². The van der Waals surface area contributed by atoms with E-state index in [0.29, 0.717) is 6.42 Å². The molecule has 0 aliphatic rings. The number of hydrogen-bond donors (Lipinski definition) is 1. The number of carbonyl (C=O) groups excluding carboxylic acids is 1. The first-order valence-electron chi connectivity index (χ1n) is 2.90. The Morgan fingerprint density at radius 2 is 1.90 bits per heavy atom. The number of Topliss-reactive ketones (excluding diaryl/α,β-unsaturated/α-hetero) is 1. The zero-order valence-corrected chi connectivity index (χ0v) is 8.39. The van der Waals surface area contributed by atoms with Crippen molar-refractivity contribution in [3.63, 3.8) is 0 Å². The van der Waals surface area contributed by atoms with Gasteiger partial charge in [-0.25, -0.2) is 0 Å². The number of carboxylic acid groups (broad SMARTS) is 1. The summed E-state index contributed by atoms with van der Waals surface area (Å²) < 4.78 is 0. The predicted octanol–water partition coefficient (Wildman–Crippen LogP) is 0.449. The molecule has 0 atom stereocenters. The minimum absolute atomic E-state index is 0. The molecule has 53 valence electrons. The third-order valence-electron chi connectivity index (χ3n) is 0.877. The molecule has 0 amide bonds. The van der Waals surface area contributed by atoms with Gasteiger partial charge in [-0.3, -0.25) is 9.59 Å². The van der Waals surface area contributed by atoms with E-state index in [9.17, 15) is 9.59 Å². The normalized spacial score (nSPS) is 8.10. The monoisotopic (exact) mass is 153 g/mol. The first-order chi connectivity index (χ1) is 4.16. The molecular weight excluding hydrogens is 143 g/mol. The quantitative estimate of drug-likeness (QED) is 0.471. The molecule has 3 nitrogen and oxygen atoms in total. The summed E-state index contributed by atoms with van der Waals surface area (Å²) in [5.74, 6) is -1.22. The van der Waals surface area contributed by atoms with Crippen molar-refractivity contribution in [2.75, 3.05) is 0 Å². The number of carboxylic acids is 1. The molecule has 4 heteroatoms. The van der Waals surface area contributed by atoms with Gasteiger partial charge >= 0.3 is 5.97 Å². The number of aliphatic carboxylic acids is 1. The number of carbonyl (C=O) groups is 2. The van der Waals surface area contributed by atoms with Crippen LogP contribution in [0.2, 0.25) is 0 Å². The molecule has 0 saturated carbocycles. The van der Waals surface area contributed by atoms with Gasteiger partial charge in [0.05, 0.1) is 0 Å². The van der Waals surface area contributed by atoms with Gasteiger partial charge in [0.1, 0.15) is 12.2 Å². The average Bonchev–Trinajstić information content (AvgIpc) is 1.63. The van der Waals surface area contributed by atoms with Crippen molar-refractivity contribution in [2.45, 2.75) is 26.2 Å². The third kappa shape index (κ3) is 8.14. The molecule has 0 rings (SSSR count). The zero-order chi connectivity index (χ0) is 7.28. The molecular formula is C6H10NaO3. The largest absolute Gasteiger partial charge is 0.481 e. The molecule has 0 bridgehead atoms. The maximum Gasteiger partial charge on any atom is 0.310 e. The molecule has 0 aliphatic carbocycles. The average molecular weight is 153 g/mol. The van der Waals surface area contributed by atoms with Gasteiger partial charge in [-0.15, -0.1) is 0 Å². The smallest absolute Gasteiger partial charge is 0.310 e. The van der Waals surface area contributed by atoms with Crippen LogP contribution in [-0.4, -0.2) is 46.4 Å². The van der Waals surface area contributed by atoms with Crippen LogP contribution in [-0.2, 0) is 9.59 Å². The maximum atomic E-state index is 10.5. The van der Waals surface area contributed by atoms with Gasteiger partial charge in [0.2, 0.25) is 0 Å². The van der Waals surface area contributed by atoms with E-state index >= 15 is 0 Å². The number of hydrogen-bond acceptors (Lipinski definition) is 2. The standard InChI is InChI=1S/C6H10O3.Na/c1-2-3-5(7)4-6(8)9;/h2-4H2,1H3,(H,8,9);. The molecule has 0 heterocycles. The van der Waals surface area contributed by atoms with E-state index in [4.69, 9.17) is 5.11 Å². The molecule has 0 unspecified atom stereocenters. The molecule has 0 fully saturated rings. The van der Waals surface area contributed by atoms with Crippen molar-refractivity contribution in [2.24, 2.45) is 0 Å². The van der Waals surface area contributed by atoms with Crippen LogP contribution in [0.15, 0.2) is 0 Å². The van der Waals surface area contributed by atoms with E-state index in [1.165, 1.54) is 0 Å². The van der Waals surface area contributed by atoms with Crippen LogP contribution in [0.5, 0.6) is 0 Å². The summed E-state index contributed by atoms with van der Waals surface area (Å²) in [4.78, 5) is 20.3. The Hall–Kier alpha value is 0.140. The summed E-state index contributed by atoms with van der Waals surface area (Å²) in [5, 5.41) is 8.09. The van der Waals surface area contributed by atoms with Crippen molar-refractivity contribution in [1.29, 1.82) is 0 Å². The van der Waals surface area contributed by atoms with E-state index in [1.807, 2.05) is 6.92 Å². The minimum Gasteiger partial charge on any atom is -0.481 e. The molecule has 1 N–H and O–H groups in total. The van der Waals surface area contributed by atoms with E-state index in [2.05, 4.69) is 0 Å². The fourth-order valence-electron chi connectivity index (χ4n) is 0.536. The van der Waals surface area contributed by atoms with Crippen LogP contribution in [0.4, 0.5) is 0 Å². The van der Waals surface area contributed by atoms with Crippen molar-refractivity contribution >= 4 is 41.3 Å². The van der Waals surface area contributed by atoms with Crippen molar-refractivity contribution < 1.29 is 14.7 Å². The van der Waals surface area contributed by atoms with Crippen LogP contribution >= 0.6 is 0 Å². The van der Waals surface area contributed by atoms with E-state index in [0.717, 1.165) is 6.42 Å². The van der Waals surface area contributed by atoms with E-state index in [1.54, 1.807) is 0 Å². The molecule has 10 heavy (non-hydrogen) atoms. The van der Waals surface area contributed by atoms with Crippen LogP contribution in [0.25, 0.3) is 0 Å². The molecule has 0 aromatic rings.